The van der Waals surface area contributed by atoms with Gasteiger partial charge >= 0.3 is 0 Å². The van der Waals surface area contributed by atoms with Crippen LogP contribution in [-0.2, 0) is 16.1 Å². The number of methoxy groups -OCH3 is 1. The number of hydrogen-bond acceptors (Lipinski definition) is 3. The summed E-state index contributed by atoms with van der Waals surface area (Å²) in [6.45, 7) is 1.50. The van der Waals surface area contributed by atoms with Crippen LogP contribution in [-0.4, -0.2) is 43.7 Å². The molecule has 1 aromatic carbocycles. The fraction of sp³-hybridized carbons (Fsp3) is 0.533. The molecule has 1 aromatic rings. The summed E-state index contributed by atoms with van der Waals surface area (Å²) in [7, 11) is 3.13. The predicted molar refractivity (Wildman–Crippen MR) is 74.7 cm³/mol. The van der Waals surface area contributed by atoms with E-state index in [1.807, 2.05) is 0 Å². The van der Waals surface area contributed by atoms with Crippen molar-refractivity contribution in [2.75, 3.05) is 27.2 Å². The molecule has 1 aliphatic rings. The second-order valence-corrected chi connectivity index (χ2v) is 5.35. The standard InChI is InChI=1S/C15H20F2N2O2/c1-19(10-11-3-4-12(16)9-13(11)17)14(20)15(21-2)5-7-18-8-6-15/h3-4,9,18H,5-8,10H2,1-2H3. The van der Waals surface area contributed by atoms with Gasteiger partial charge in [-0.2, -0.15) is 0 Å². The van der Waals surface area contributed by atoms with E-state index in [0.717, 1.165) is 6.07 Å². The minimum Gasteiger partial charge on any atom is -0.368 e. The van der Waals surface area contributed by atoms with Crippen LogP contribution in [0, 0.1) is 11.6 Å². The first-order valence-electron chi connectivity index (χ1n) is 6.94. The lowest BCUT2D eigenvalue weighted by Gasteiger charge is -2.37. The molecule has 1 fully saturated rings. The van der Waals surface area contributed by atoms with Crippen LogP contribution in [0.3, 0.4) is 0 Å². The Morgan fingerprint density at radius 1 is 1.38 bits per heavy atom. The molecule has 0 unspecified atom stereocenters. The zero-order chi connectivity index (χ0) is 15.5. The average molecular weight is 298 g/mol. The van der Waals surface area contributed by atoms with E-state index in [2.05, 4.69) is 5.32 Å². The summed E-state index contributed by atoms with van der Waals surface area (Å²) in [5.74, 6) is -1.45. The van der Waals surface area contributed by atoms with Gasteiger partial charge in [0.2, 0.25) is 0 Å². The van der Waals surface area contributed by atoms with Gasteiger partial charge in [0.15, 0.2) is 0 Å². The summed E-state index contributed by atoms with van der Waals surface area (Å²) in [5.41, 5.74) is -0.566. The molecule has 0 aromatic heterocycles. The highest BCUT2D eigenvalue weighted by Gasteiger charge is 2.41. The van der Waals surface area contributed by atoms with Gasteiger partial charge in [0.05, 0.1) is 0 Å². The Kier molecular flexibility index (Phi) is 4.90. The van der Waals surface area contributed by atoms with Crippen LogP contribution in [0.15, 0.2) is 18.2 Å². The van der Waals surface area contributed by atoms with Gasteiger partial charge in [0.1, 0.15) is 17.2 Å². The van der Waals surface area contributed by atoms with E-state index < -0.39 is 17.2 Å². The highest BCUT2D eigenvalue weighted by molar-refractivity contribution is 5.85. The lowest BCUT2D eigenvalue weighted by Crippen LogP contribution is -2.54. The summed E-state index contributed by atoms with van der Waals surface area (Å²) in [6, 6.07) is 3.37. The third-order valence-corrected chi connectivity index (χ3v) is 3.96. The van der Waals surface area contributed by atoms with E-state index >= 15 is 0 Å². The molecule has 1 amide bonds. The van der Waals surface area contributed by atoms with Gasteiger partial charge in [-0.3, -0.25) is 4.79 Å². The van der Waals surface area contributed by atoms with Crippen molar-refractivity contribution in [1.82, 2.24) is 10.2 Å². The molecule has 0 radical (unpaired) electrons. The Morgan fingerprint density at radius 3 is 2.62 bits per heavy atom. The summed E-state index contributed by atoms with van der Waals surface area (Å²) >= 11 is 0. The molecule has 0 aliphatic carbocycles. The fourth-order valence-electron chi connectivity index (χ4n) is 2.66. The minimum atomic E-state index is -0.851. The molecule has 4 nitrogen and oxygen atoms in total. The molecule has 1 aliphatic heterocycles. The molecule has 0 bridgehead atoms. The van der Waals surface area contributed by atoms with Gasteiger partial charge in [0.25, 0.3) is 5.91 Å². The molecule has 21 heavy (non-hydrogen) atoms. The van der Waals surface area contributed by atoms with Crippen molar-refractivity contribution in [1.29, 1.82) is 0 Å². The number of amides is 1. The minimum absolute atomic E-state index is 0.0868. The third-order valence-electron chi connectivity index (χ3n) is 3.96. The van der Waals surface area contributed by atoms with E-state index in [0.29, 0.717) is 25.9 Å². The molecule has 6 heteroatoms. The number of carbonyl (C=O) groups is 1. The van der Waals surface area contributed by atoms with Crippen LogP contribution in [0.5, 0.6) is 0 Å². The van der Waals surface area contributed by atoms with Crippen molar-refractivity contribution < 1.29 is 18.3 Å². The first kappa shape index (κ1) is 15.9. The number of nitrogens with one attached hydrogen (secondary N) is 1. The monoisotopic (exact) mass is 298 g/mol. The highest BCUT2D eigenvalue weighted by atomic mass is 19.1. The van der Waals surface area contributed by atoms with Crippen LogP contribution >= 0.6 is 0 Å². The number of piperidine rings is 1. The van der Waals surface area contributed by atoms with E-state index in [4.69, 9.17) is 4.74 Å². The Labute approximate surface area is 123 Å². The van der Waals surface area contributed by atoms with Gasteiger partial charge in [-0.1, -0.05) is 6.07 Å². The summed E-state index contributed by atoms with van der Waals surface area (Å²) in [6.07, 6.45) is 1.16. The molecular formula is C15H20F2N2O2. The van der Waals surface area contributed by atoms with Crippen LogP contribution < -0.4 is 5.32 Å². The molecule has 2 rings (SSSR count). The molecule has 116 valence electrons. The van der Waals surface area contributed by atoms with Crippen molar-refractivity contribution in [3.05, 3.63) is 35.4 Å². The quantitative estimate of drug-likeness (QED) is 0.920. The maximum atomic E-state index is 13.7. The summed E-state index contributed by atoms with van der Waals surface area (Å²) in [5, 5.41) is 3.18. The number of likely N-dealkylation sites (N-methyl/N-ethyl adjacent to an activating group) is 1. The van der Waals surface area contributed by atoms with Gasteiger partial charge in [0, 0.05) is 32.3 Å². The van der Waals surface area contributed by atoms with Crippen molar-refractivity contribution in [2.24, 2.45) is 0 Å². The highest BCUT2D eigenvalue weighted by Crippen LogP contribution is 2.25. The zero-order valence-electron chi connectivity index (χ0n) is 12.3. The van der Waals surface area contributed by atoms with Crippen molar-refractivity contribution in [3.63, 3.8) is 0 Å². The maximum absolute atomic E-state index is 13.7. The molecule has 1 heterocycles. The normalized spacial score (nSPS) is 17.5. The fourth-order valence-corrected chi connectivity index (χ4v) is 2.66. The van der Waals surface area contributed by atoms with Gasteiger partial charge in [-0.05, 0) is 32.0 Å². The van der Waals surface area contributed by atoms with Crippen LogP contribution in [0.2, 0.25) is 0 Å². The predicted octanol–water partition coefficient (Wildman–Crippen LogP) is 1.69. The number of ether oxygens (including phenoxy) is 1. The van der Waals surface area contributed by atoms with Gasteiger partial charge in [-0.15, -0.1) is 0 Å². The summed E-state index contributed by atoms with van der Waals surface area (Å²) in [4.78, 5) is 14.0. The molecule has 1 N–H and O–H groups in total. The maximum Gasteiger partial charge on any atom is 0.254 e. The summed E-state index contributed by atoms with van der Waals surface area (Å²) < 4.78 is 32.0. The van der Waals surface area contributed by atoms with Gasteiger partial charge in [-0.25, -0.2) is 8.78 Å². The van der Waals surface area contributed by atoms with E-state index in [9.17, 15) is 13.6 Å². The lowest BCUT2D eigenvalue weighted by atomic mass is 9.90. The molecule has 0 spiro atoms. The molecule has 1 saturated heterocycles. The average Bonchev–Trinajstić information content (AvgIpc) is 2.50. The van der Waals surface area contributed by atoms with E-state index in [1.54, 1.807) is 7.05 Å². The smallest absolute Gasteiger partial charge is 0.254 e. The lowest BCUT2D eigenvalue weighted by molar-refractivity contribution is -0.157. The van der Waals surface area contributed by atoms with E-state index in [-0.39, 0.29) is 18.0 Å². The van der Waals surface area contributed by atoms with Crippen molar-refractivity contribution in [3.8, 4) is 0 Å². The van der Waals surface area contributed by atoms with Crippen molar-refractivity contribution in [2.45, 2.75) is 25.0 Å². The Morgan fingerprint density at radius 2 is 2.05 bits per heavy atom. The van der Waals surface area contributed by atoms with Crippen LogP contribution in [0.25, 0.3) is 0 Å². The SMILES string of the molecule is COC1(C(=O)N(C)Cc2ccc(F)cc2F)CCNCC1. The van der Waals surface area contributed by atoms with E-state index in [1.165, 1.54) is 24.1 Å². The second-order valence-electron chi connectivity index (χ2n) is 5.35. The first-order chi connectivity index (χ1) is 9.98. The number of nitrogens with zero attached hydrogens (tertiary/aromatic N) is 1. The zero-order valence-corrected chi connectivity index (χ0v) is 12.3. The first-order valence-corrected chi connectivity index (χ1v) is 6.94. The molecular weight excluding hydrogens is 278 g/mol. The van der Waals surface area contributed by atoms with Gasteiger partial charge < -0.3 is 15.0 Å². The third kappa shape index (κ3) is 3.39. The van der Waals surface area contributed by atoms with Crippen LogP contribution in [0.1, 0.15) is 18.4 Å². The molecule has 0 atom stereocenters. The number of carbonyl (C=O) groups excluding carboxylic acids is 1. The number of halogens is 2. The topological polar surface area (TPSA) is 41.6 Å². The number of benzene rings is 1. The van der Waals surface area contributed by atoms with Crippen molar-refractivity contribution >= 4 is 5.91 Å². The number of rotatable bonds is 4. The number of hydrogen-bond donors (Lipinski definition) is 1. The van der Waals surface area contributed by atoms with Crippen LogP contribution in [0.4, 0.5) is 8.78 Å². The second kappa shape index (κ2) is 6.49. The Balaban J connectivity index is 2.11. The largest absolute Gasteiger partial charge is 0.368 e. The Hall–Kier alpha value is -1.53. The molecule has 0 saturated carbocycles. The Bertz CT molecular complexity index is 516.